The van der Waals surface area contributed by atoms with Gasteiger partial charge in [0.15, 0.2) is 0 Å². The van der Waals surface area contributed by atoms with Crippen molar-refractivity contribution in [1.82, 2.24) is 4.90 Å². The van der Waals surface area contributed by atoms with E-state index in [1.54, 1.807) is 17.0 Å². The van der Waals surface area contributed by atoms with Crippen molar-refractivity contribution in [3.8, 4) is 0 Å². The maximum atomic E-state index is 12.5. The number of morpholine rings is 1. The average Bonchev–Trinajstić information content (AvgIpc) is 2.39. The highest BCUT2D eigenvalue weighted by Crippen LogP contribution is 2.10. The Morgan fingerprint density at radius 1 is 1.44 bits per heavy atom. The number of nitrogens with zero attached hydrogens (tertiary/aromatic N) is 1. The van der Waals surface area contributed by atoms with E-state index in [-0.39, 0.29) is 5.91 Å². The van der Waals surface area contributed by atoms with Crippen LogP contribution in [0.5, 0.6) is 0 Å². The number of rotatable bonds is 2. The van der Waals surface area contributed by atoms with E-state index in [1.807, 2.05) is 18.2 Å². The number of halogens is 1. The van der Waals surface area contributed by atoms with Crippen LogP contribution in [0.2, 0.25) is 0 Å². The molecular formula is C12H14FNO2. The number of hydrogen-bond donors (Lipinski definition) is 0. The first kappa shape index (κ1) is 11.1. The first-order valence-electron chi connectivity index (χ1n) is 5.33. The second-order valence-corrected chi connectivity index (χ2v) is 3.76. The smallest absolute Gasteiger partial charge is 0.254 e. The predicted octanol–water partition coefficient (Wildman–Crippen LogP) is 1.50. The number of amides is 1. The molecule has 2 rings (SSSR count). The lowest BCUT2D eigenvalue weighted by molar-refractivity contribution is -0.0310. The standard InChI is InChI=1S/C12H14FNO2/c13-8-11-9-14(6-7-16-11)12(15)10-4-2-1-3-5-10/h1-5,11H,6-9H2/t11-/m0/s1. The summed E-state index contributed by atoms with van der Waals surface area (Å²) >= 11 is 0. The topological polar surface area (TPSA) is 29.5 Å². The number of hydrogen-bond acceptors (Lipinski definition) is 2. The Morgan fingerprint density at radius 3 is 2.88 bits per heavy atom. The lowest BCUT2D eigenvalue weighted by Crippen LogP contribution is -2.46. The zero-order chi connectivity index (χ0) is 11.4. The molecule has 0 spiro atoms. The van der Waals surface area contributed by atoms with Gasteiger partial charge in [0.05, 0.1) is 6.61 Å². The molecule has 86 valence electrons. The van der Waals surface area contributed by atoms with Gasteiger partial charge in [-0.15, -0.1) is 0 Å². The Labute approximate surface area is 93.8 Å². The Bertz CT molecular complexity index is 355. The monoisotopic (exact) mass is 223 g/mol. The van der Waals surface area contributed by atoms with Gasteiger partial charge in [-0.05, 0) is 12.1 Å². The van der Waals surface area contributed by atoms with E-state index in [1.165, 1.54) is 0 Å². The molecule has 1 aliphatic rings. The lowest BCUT2D eigenvalue weighted by atomic mass is 10.2. The van der Waals surface area contributed by atoms with Crippen molar-refractivity contribution < 1.29 is 13.9 Å². The van der Waals surface area contributed by atoms with Crippen LogP contribution in [-0.2, 0) is 4.74 Å². The summed E-state index contributed by atoms with van der Waals surface area (Å²) in [5.74, 6) is -0.0534. The Hall–Kier alpha value is -1.42. The second-order valence-electron chi connectivity index (χ2n) is 3.76. The summed E-state index contributed by atoms with van der Waals surface area (Å²) < 4.78 is 17.6. The van der Waals surface area contributed by atoms with Crippen LogP contribution in [0.15, 0.2) is 30.3 Å². The van der Waals surface area contributed by atoms with Gasteiger partial charge >= 0.3 is 0 Å². The maximum absolute atomic E-state index is 12.5. The minimum absolute atomic E-state index is 0.0534. The van der Waals surface area contributed by atoms with Crippen LogP contribution in [0.25, 0.3) is 0 Å². The molecule has 1 saturated heterocycles. The van der Waals surface area contributed by atoms with E-state index in [4.69, 9.17) is 4.74 Å². The summed E-state index contributed by atoms with van der Waals surface area (Å²) in [5.41, 5.74) is 0.641. The summed E-state index contributed by atoms with van der Waals surface area (Å²) in [6, 6.07) is 9.03. The van der Waals surface area contributed by atoms with Gasteiger partial charge in [-0.2, -0.15) is 0 Å². The first-order chi connectivity index (χ1) is 7.81. The quantitative estimate of drug-likeness (QED) is 0.760. The molecule has 1 aromatic carbocycles. The molecule has 0 unspecified atom stereocenters. The number of benzene rings is 1. The lowest BCUT2D eigenvalue weighted by Gasteiger charge is -2.31. The molecule has 1 aliphatic heterocycles. The van der Waals surface area contributed by atoms with Gasteiger partial charge in [-0.1, -0.05) is 18.2 Å². The molecule has 16 heavy (non-hydrogen) atoms. The van der Waals surface area contributed by atoms with E-state index in [9.17, 15) is 9.18 Å². The van der Waals surface area contributed by atoms with E-state index < -0.39 is 12.8 Å². The molecule has 0 radical (unpaired) electrons. The van der Waals surface area contributed by atoms with E-state index >= 15 is 0 Å². The molecule has 3 nitrogen and oxygen atoms in total. The normalized spacial score (nSPS) is 20.8. The Balaban J connectivity index is 2.05. The van der Waals surface area contributed by atoms with E-state index in [0.717, 1.165) is 0 Å². The maximum Gasteiger partial charge on any atom is 0.254 e. The molecule has 1 heterocycles. The van der Waals surface area contributed by atoms with Gasteiger partial charge in [0, 0.05) is 18.7 Å². The summed E-state index contributed by atoms with van der Waals surface area (Å²) in [7, 11) is 0. The van der Waals surface area contributed by atoms with Crippen molar-refractivity contribution in [2.75, 3.05) is 26.4 Å². The Morgan fingerprint density at radius 2 is 2.19 bits per heavy atom. The van der Waals surface area contributed by atoms with Crippen molar-refractivity contribution in [2.45, 2.75) is 6.10 Å². The van der Waals surface area contributed by atoms with Crippen LogP contribution in [0.3, 0.4) is 0 Å². The summed E-state index contributed by atoms with van der Waals surface area (Å²) in [6.45, 7) is 0.736. The van der Waals surface area contributed by atoms with Crippen LogP contribution in [-0.4, -0.2) is 43.3 Å². The van der Waals surface area contributed by atoms with Crippen molar-refractivity contribution >= 4 is 5.91 Å². The number of ether oxygens (including phenoxy) is 1. The summed E-state index contributed by atoms with van der Waals surface area (Å²) in [5, 5.41) is 0. The van der Waals surface area contributed by atoms with Crippen molar-refractivity contribution in [2.24, 2.45) is 0 Å². The molecule has 0 N–H and O–H groups in total. The fourth-order valence-corrected chi connectivity index (χ4v) is 1.76. The number of carbonyl (C=O) groups excluding carboxylic acids is 1. The molecule has 0 aromatic heterocycles. The molecule has 1 fully saturated rings. The highest BCUT2D eigenvalue weighted by molar-refractivity contribution is 5.94. The zero-order valence-corrected chi connectivity index (χ0v) is 8.93. The molecule has 1 aromatic rings. The minimum atomic E-state index is -0.543. The van der Waals surface area contributed by atoms with Crippen molar-refractivity contribution in [1.29, 1.82) is 0 Å². The molecular weight excluding hydrogens is 209 g/mol. The third-order valence-corrected chi connectivity index (χ3v) is 2.62. The van der Waals surface area contributed by atoms with Gasteiger partial charge in [-0.25, -0.2) is 4.39 Å². The largest absolute Gasteiger partial charge is 0.372 e. The molecule has 1 atom stereocenters. The van der Waals surface area contributed by atoms with Gasteiger partial charge in [0.1, 0.15) is 12.8 Å². The third-order valence-electron chi connectivity index (χ3n) is 2.62. The summed E-state index contributed by atoms with van der Waals surface area (Å²) in [6.07, 6.45) is -0.471. The van der Waals surface area contributed by atoms with Gasteiger partial charge in [0.2, 0.25) is 0 Å². The van der Waals surface area contributed by atoms with Crippen LogP contribution >= 0.6 is 0 Å². The fourth-order valence-electron chi connectivity index (χ4n) is 1.76. The third kappa shape index (κ3) is 2.39. The van der Waals surface area contributed by atoms with Crippen LogP contribution < -0.4 is 0 Å². The first-order valence-corrected chi connectivity index (χ1v) is 5.33. The van der Waals surface area contributed by atoms with E-state index in [2.05, 4.69) is 0 Å². The van der Waals surface area contributed by atoms with Gasteiger partial charge < -0.3 is 9.64 Å². The molecule has 0 saturated carbocycles. The molecule has 4 heteroatoms. The van der Waals surface area contributed by atoms with Crippen LogP contribution in [0.4, 0.5) is 4.39 Å². The molecule has 0 aliphatic carbocycles. The van der Waals surface area contributed by atoms with E-state index in [0.29, 0.717) is 25.3 Å². The highest BCUT2D eigenvalue weighted by Gasteiger charge is 2.24. The van der Waals surface area contributed by atoms with Crippen LogP contribution in [0, 0.1) is 0 Å². The Kier molecular flexibility index (Phi) is 3.51. The number of alkyl halides is 1. The minimum Gasteiger partial charge on any atom is -0.372 e. The van der Waals surface area contributed by atoms with Crippen molar-refractivity contribution in [3.63, 3.8) is 0 Å². The summed E-state index contributed by atoms with van der Waals surface area (Å²) in [4.78, 5) is 13.7. The predicted molar refractivity (Wildman–Crippen MR) is 58.1 cm³/mol. The highest BCUT2D eigenvalue weighted by atomic mass is 19.1. The second kappa shape index (κ2) is 5.07. The van der Waals surface area contributed by atoms with Gasteiger partial charge in [-0.3, -0.25) is 4.79 Å². The molecule has 0 bridgehead atoms. The van der Waals surface area contributed by atoms with Crippen LogP contribution in [0.1, 0.15) is 10.4 Å². The fraction of sp³-hybridized carbons (Fsp3) is 0.417. The SMILES string of the molecule is O=C(c1ccccc1)N1CCO[C@@H](CF)C1. The van der Waals surface area contributed by atoms with Crippen molar-refractivity contribution in [3.05, 3.63) is 35.9 Å². The molecule has 1 amide bonds. The average molecular weight is 223 g/mol. The number of carbonyl (C=O) groups is 1. The van der Waals surface area contributed by atoms with Gasteiger partial charge in [0.25, 0.3) is 5.91 Å². The zero-order valence-electron chi connectivity index (χ0n) is 8.93.